The van der Waals surface area contributed by atoms with E-state index in [0.29, 0.717) is 0 Å². The molecule has 0 bridgehead atoms. The molecule has 0 aromatic heterocycles. The Morgan fingerprint density at radius 2 is 2.17 bits per heavy atom. The van der Waals surface area contributed by atoms with Crippen molar-refractivity contribution in [3.8, 4) is 0 Å². The minimum Gasteiger partial charge on any atom is -0.372 e. The number of ether oxygens (including phenoxy) is 1. The molecular weight excluding hydrogens is 248 g/mol. The van der Waals surface area contributed by atoms with Crippen LogP contribution in [0.5, 0.6) is 0 Å². The minimum absolute atomic E-state index is 0.0117. The van der Waals surface area contributed by atoms with E-state index in [0.717, 1.165) is 36.0 Å². The summed E-state index contributed by atoms with van der Waals surface area (Å²) < 4.78 is 5.71. The van der Waals surface area contributed by atoms with Crippen molar-refractivity contribution < 1.29 is 4.74 Å². The van der Waals surface area contributed by atoms with E-state index in [9.17, 15) is 0 Å². The van der Waals surface area contributed by atoms with Crippen molar-refractivity contribution in [3.05, 3.63) is 28.8 Å². The topological polar surface area (TPSA) is 38.5 Å². The average molecular weight is 269 g/mol. The van der Waals surface area contributed by atoms with E-state index in [1.54, 1.807) is 0 Å². The van der Waals surface area contributed by atoms with Gasteiger partial charge in [-0.2, -0.15) is 0 Å². The number of nitrogens with two attached hydrogens (primary N) is 1. The Hall–Kier alpha value is -0.770. The van der Waals surface area contributed by atoms with Crippen molar-refractivity contribution in [2.45, 2.75) is 32.4 Å². The van der Waals surface area contributed by atoms with Gasteiger partial charge in [0.25, 0.3) is 0 Å². The van der Waals surface area contributed by atoms with Crippen LogP contribution in [0.2, 0.25) is 5.02 Å². The van der Waals surface area contributed by atoms with Gasteiger partial charge in [-0.05, 0) is 38.5 Å². The molecule has 0 spiro atoms. The predicted molar refractivity (Wildman–Crippen MR) is 76.3 cm³/mol. The van der Waals surface area contributed by atoms with Crippen LogP contribution in [0.4, 0.5) is 5.69 Å². The molecule has 0 saturated carbocycles. The van der Waals surface area contributed by atoms with Gasteiger partial charge in [0, 0.05) is 19.1 Å². The molecule has 18 heavy (non-hydrogen) atoms. The Labute approximate surface area is 114 Å². The van der Waals surface area contributed by atoms with E-state index in [2.05, 4.69) is 24.8 Å². The minimum atomic E-state index is -0.124. The van der Waals surface area contributed by atoms with Gasteiger partial charge >= 0.3 is 0 Å². The van der Waals surface area contributed by atoms with E-state index in [4.69, 9.17) is 22.1 Å². The predicted octanol–water partition coefficient (Wildman–Crippen LogP) is 2.97. The van der Waals surface area contributed by atoms with E-state index in [1.165, 1.54) is 0 Å². The Bertz CT molecular complexity index is 432. The van der Waals surface area contributed by atoms with Gasteiger partial charge in [0.15, 0.2) is 0 Å². The fourth-order valence-electron chi connectivity index (χ4n) is 2.28. The van der Waals surface area contributed by atoms with Gasteiger partial charge in [-0.15, -0.1) is 0 Å². The summed E-state index contributed by atoms with van der Waals surface area (Å²) in [5, 5.41) is 0.766. The number of morpholine rings is 1. The summed E-state index contributed by atoms with van der Waals surface area (Å²) in [7, 11) is 0. The maximum Gasteiger partial charge on any atom is 0.0801 e. The lowest BCUT2D eigenvalue weighted by atomic mass is 10.1. The van der Waals surface area contributed by atoms with Gasteiger partial charge < -0.3 is 15.4 Å². The van der Waals surface area contributed by atoms with Gasteiger partial charge in [0.1, 0.15) is 0 Å². The fraction of sp³-hybridized carbons (Fsp3) is 0.571. The molecule has 1 aliphatic heterocycles. The zero-order valence-corrected chi connectivity index (χ0v) is 12.0. The molecule has 3 nitrogen and oxygen atoms in total. The van der Waals surface area contributed by atoms with E-state index in [-0.39, 0.29) is 11.6 Å². The molecule has 1 fully saturated rings. The lowest BCUT2D eigenvalue weighted by Crippen LogP contribution is -2.48. The molecule has 1 aromatic rings. The number of hydrogen-bond acceptors (Lipinski definition) is 3. The van der Waals surface area contributed by atoms with Crippen LogP contribution in [0.15, 0.2) is 18.2 Å². The number of nitrogens with zero attached hydrogens (tertiary/aromatic N) is 1. The highest BCUT2D eigenvalue weighted by atomic mass is 35.5. The first-order chi connectivity index (χ1) is 8.39. The summed E-state index contributed by atoms with van der Waals surface area (Å²) in [4.78, 5) is 2.27. The molecule has 0 amide bonds. The molecule has 4 heteroatoms. The molecule has 0 aliphatic carbocycles. The lowest BCUT2D eigenvalue weighted by molar-refractivity contribution is -0.0276. The summed E-state index contributed by atoms with van der Waals surface area (Å²) in [6, 6.07) is 6.08. The fourth-order valence-corrected chi connectivity index (χ4v) is 2.59. The zero-order chi connectivity index (χ0) is 13.3. The van der Waals surface area contributed by atoms with Crippen LogP contribution in [0.3, 0.4) is 0 Å². The molecule has 100 valence electrons. The Morgan fingerprint density at radius 1 is 1.44 bits per heavy atom. The van der Waals surface area contributed by atoms with Crippen LogP contribution in [0.25, 0.3) is 0 Å². The summed E-state index contributed by atoms with van der Waals surface area (Å²) in [6.07, 6.45) is 0. The maximum atomic E-state index is 6.36. The number of benzene rings is 1. The van der Waals surface area contributed by atoms with E-state index >= 15 is 0 Å². The highest BCUT2D eigenvalue weighted by molar-refractivity contribution is 6.33. The quantitative estimate of drug-likeness (QED) is 0.896. The molecule has 1 aliphatic rings. The summed E-state index contributed by atoms with van der Waals surface area (Å²) >= 11 is 6.36. The smallest absolute Gasteiger partial charge is 0.0801 e. The van der Waals surface area contributed by atoms with Gasteiger partial charge in [-0.3, -0.25) is 0 Å². The lowest BCUT2D eigenvalue weighted by Gasteiger charge is -2.39. The molecule has 1 heterocycles. The molecule has 1 aromatic carbocycles. The molecular formula is C14H21ClN2O. The Kier molecular flexibility index (Phi) is 3.85. The van der Waals surface area contributed by atoms with Gasteiger partial charge in [-0.25, -0.2) is 0 Å². The van der Waals surface area contributed by atoms with Crippen LogP contribution >= 0.6 is 11.6 Å². The standard InChI is InChI=1S/C14H21ClN2O/c1-10(16)11-4-5-13(12(15)8-11)17-6-7-18-14(2,3)9-17/h4-5,8,10H,6-7,9,16H2,1-3H3. The van der Waals surface area contributed by atoms with Crippen LogP contribution in [-0.4, -0.2) is 25.3 Å². The second kappa shape index (κ2) is 5.08. The van der Waals surface area contributed by atoms with Crippen molar-refractivity contribution >= 4 is 17.3 Å². The highest BCUT2D eigenvalue weighted by Gasteiger charge is 2.28. The Morgan fingerprint density at radius 3 is 2.72 bits per heavy atom. The van der Waals surface area contributed by atoms with Gasteiger partial charge in [0.2, 0.25) is 0 Å². The third-order valence-corrected chi connectivity index (χ3v) is 3.57. The van der Waals surface area contributed by atoms with Crippen LogP contribution in [0.1, 0.15) is 32.4 Å². The van der Waals surface area contributed by atoms with Crippen molar-refractivity contribution in [1.29, 1.82) is 0 Å². The Balaban J connectivity index is 2.23. The highest BCUT2D eigenvalue weighted by Crippen LogP contribution is 2.31. The van der Waals surface area contributed by atoms with Gasteiger partial charge in [0.05, 0.1) is 22.9 Å². The first-order valence-corrected chi connectivity index (χ1v) is 6.71. The van der Waals surface area contributed by atoms with E-state index < -0.39 is 0 Å². The van der Waals surface area contributed by atoms with Crippen molar-refractivity contribution in [3.63, 3.8) is 0 Å². The van der Waals surface area contributed by atoms with Crippen molar-refractivity contribution in [1.82, 2.24) is 0 Å². The molecule has 2 N–H and O–H groups in total. The second-order valence-corrected chi connectivity index (χ2v) is 5.94. The first kappa shape index (κ1) is 13.7. The second-order valence-electron chi connectivity index (χ2n) is 5.53. The number of halogens is 1. The molecule has 0 radical (unpaired) electrons. The third-order valence-electron chi connectivity index (χ3n) is 3.26. The monoisotopic (exact) mass is 268 g/mol. The molecule has 1 unspecified atom stereocenters. The van der Waals surface area contributed by atoms with Crippen molar-refractivity contribution in [2.24, 2.45) is 5.73 Å². The molecule has 1 saturated heterocycles. The van der Waals surface area contributed by atoms with Crippen molar-refractivity contribution in [2.75, 3.05) is 24.6 Å². The van der Waals surface area contributed by atoms with Crippen LogP contribution in [0, 0.1) is 0 Å². The molecule has 1 atom stereocenters. The summed E-state index contributed by atoms with van der Waals surface area (Å²) in [6.45, 7) is 8.62. The first-order valence-electron chi connectivity index (χ1n) is 6.33. The van der Waals surface area contributed by atoms with E-state index in [1.807, 2.05) is 19.1 Å². The van der Waals surface area contributed by atoms with Crippen LogP contribution < -0.4 is 10.6 Å². The number of rotatable bonds is 2. The van der Waals surface area contributed by atoms with Gasteiger partial charge in [-0.1, -0.05) is 17.7 Å². The van der Waals surface area contributed by atoms with Crippen LogP contribution in [-0.2, 0) is 4.74 Å². The largest absolute Gasteiger partial charge is 0.372 e. The summed E-state index contributed by atoms with van der Waals surface area (Å²) in [5.74, 6) is 0. The SMILES string of the molecule is CC(N)c1ccc(N2CCOC(C)(C)C2)c(Cl)c1. The average Bonchev–Trinajstić information content (AvgIpc) is 2.27. The normalized spacial score (nSPS) is 20.8. The number of hydrogen-bond donors (Lipinski definition) is 1. The number of anilines is 1. The summed E-state index contributed by atoms with van der Waals surface area (Å²) in [5.41, 5.74) is 7.87. The maximum absolute atomic E-state index is 6.36. The third kappa shape index (κ3) is 2.97. The zero-order valence-electron chi connectivity index (χ0n) is 11.2. The molecule has 2 rings (SSSR count).